The summed E-state index contributed by atoms with van der Waals surface area (Å²) in [5.74, 6) is 0. The fourth-order valence-corrected chi connectivity index (χ4v) is 57.9. The van der Waals surface area contributed by atoms with Gasteiger partial charge >= 0.3 is 0 Å². The monoisotopic (exact) mass is 330 g/mol. The third-order valence-corrected chi connectivity index (χ3v) is 43.9. The molecular formula is C14H34OSi4. The van der Waals surface area contributed by atoms with E-state index in [1.165, 1.54) is 63.6 Å². The van der Waals surface area contributed by atoms with Crippen LogP contribution in [-0.4, -0.2) is 40.2 Å². The van der Waals surface area contributed by atoms with E-state index in [1.54, 1.807) is 6.04 Å². The first kappa shape index (κ1) is 17.6. The van der Waals surface area contributed by atoms with Crippen LogP contribution in [-0.2, 0) is 4.43 Å². The first-order valence-corrected chi connectivity index (χ1v) is 22.0. The van der Waals surface area contributed by atoms with Gasteiger partial charge in [-0.05, 0) is 6.04 Å². The van der Waals surface area contributed by atoms with E-state index in [0.29, 0.717) is 17.1 Å². The van der Waals surface area contributed by atoms with Crippen molar-refractivity contribution in [1.82, 2.24) is 0 Å². The second kappa shape index (κ2) is 11.3. The summed E-state index contributed by atoms with van der Waals surface area (Å²) in [5.41, 5.74) is 0. The van der Waals surface area contributed by atoms with Crippen molar-refractivity contribution in [3.8, 4) is 0 Å². The van der Waals surface area contributed by atoms with Gasteiger partial charge < -0.3 is 4.43 Å². The SMILES string of the molecule is C=CC[Si]1(CCCCCCCCCC)CO[SiH2][SiH2][SiH2]1. The predicted molar refractivity (Wildman–Crippen MR) is 99.8 cm³/mol. The zero-order chi connectivity index (χ0) is 13.8. The molecular weight excluding hydrogens is 296 g/mol. The van der Waals surface area contributed by atoms with Crippen LogP contribution in [0.15, 0.2) is 12.7 Å². The number of rotatable bonds is 11. The highest BCUT2D eigenvalue weighted by molar-refractivity contribution is 7.54. The van der Waals surface area contributed by atoms with Gasteiger partial charge in [0.05, 0.1) is 7.59 Å². The smallest absolute Gasteiger partial charge is 0.139 e. The Kier molecular flexibility index (Phi) is 10.4. The molecule has 0 saturated carbocycles. The first-order chi connectivity index (χ1) is 9.33. The summed E-state index contributed by atoms with van der Waals surface area (Å²) in [4.78, 5) is 0. The molecule has 1 nitrogen and oxygen atoms in total. The van der Waals surface area contributed by atoms with Crippen LogP contribution in [0.5, 0.6) is 0 Å². The molecule has 1 unspecified atom stereocenters. The molecule has 1 atom stereocenters. The van der Waals surface area contributed by atoms with Crippen LogP contribution in [0.25, 0.3) is 0 Å². The van der Waals surface area contributed by atoms with Crippen LogP contribution in [0.3, 0.4) is 0 Å². The molecule has 0 bridgehead atoms. The highest BCUT2D eigenvalue weighted by atomic mass is 29.7. The van der Waals surface area contributed by atoms with Gasteiger partial charge in [-0.25, -0.2) is 0 Å². The van der Waals surface area contributed by atoms with Crippen molar-refractivity contribution in [2.24, 2.45) is 0 Å². The van der Waals surface area contributed by atoms with E-state index < -0.39 is 7.59 Å². The van der Waals surface area contributed by atoms with E-state index in [0.717, 1.165) is 0 Å². The zero-order valence-corrected chi connectivity index (χ0v) is 18.3. The summed E-state index contributed by atoms with van der Waals surface area (Å²) in [6, 6.07) is 3.00. The maximum absolute atomic E-state index is 6.01. The van der Waals surface area contributed by atoms with Crippen molar-refractivity contribution in [2.75, 3.05) is 6.23 Å². The molecule has 0 aliphatic carbocycles. The lowest BCUT2D eigenvalue weighted by atomic mass is 10.1. The minimum Gasteiger partial charge on any atom is -0.432 e. The summed E-state index contributed by atoms with van der Waals surface area (Å²) < 4.78 is 6.01. The van der Waals surface area contributed by atoms with E-state index in [4.69, 9.17) is 4.43 Å². The summed E-state index contributed by atoms with van der Waals surface area (Å²) in [6.45, 7) is 6.31. The van der Waals surface area contributed by atoms with Crippen molar-refractivity contribution in [3.05, 3.63) is 12.7 Å². The Bertz CT molecular complexity index is 229. The molecule has 0 aromatic heterocycles. The van der Waals surface area contributed by atoms with E-state index in [-0.39, 0.29) is 9.28 Å². The minimum absolute atomic E-state index is 0.0787. The molecule has 19 heavy (non-hydrogen) atoms. The molecule has 0 N–H and O–H groups in total. The van der Waals surface area contributed by atoms with Gasteiger partial charge in [0.25, 0.3) is 0 Å². The molecule has 0 spiro atoms. The summed E-state index contributed by atoms with van der Waals surface area (Å²) >= 11 is 0. The molecule has 0 aromatic rings. The van der Waals surface area contributed by atoms with Crippen LogP contribution in [0.4, 0.5) is 0 Å². The fraction of sp³-hybridized carbons (Fsp3) is 0.857. The lowest BCUT2D eigenvalue weighted by Crippen LogP contribution is -2.55. The molecule has 1 aliphatic heterocycles. The predicted octanol–water partition coefficient (Wildman–Crippen LogP) is 2.08. The molecule has 0 radical (unpaired) electrons. The second-order valence-electron chi connectivity index (χ2n) is 6.37. The molecule has 1 saturated heterocycles. The fourth-order valence-electron chi connectivity index (χ4n) is 3.31. The Labute approximate surface area is 127 Å². The third kappa shape index (κ3) is 7.80. The minimum atomic E-state index is -0.869. The van der Waals surface area contributed by atoms with Crippen molar-refractivity contribution >= 4 is 34.0 Å². The number of hydrogen-bond donors (Lipinski definition) is 0. The summed E-state index contributed by atoms with van der Waals surface area (Å²) in [6.07, 6.45) is 15.2. The Morgan fingerprint density at radius 3 is 2.37 bits per heavy atom. The van der Waals surface area contributed by atoms with Crippen molar-refractivity contribution < 1.29 is 4.43 Å². The maximum Gasteiger partial charge on any atom is 0.139 e. The molecule has 1 fully saturated rings. The average Bonchev–Trinajstić information content (AvgIpc) is 2.43. The highest BCUT2D eigenvalue weighted by Gasteiger charge is 2.33. The molecule has 0 amide bonds. The van der Waals surface area contributed by atoms with Crippen molar-refractivity contribution in [2.45, 2.75) is 70.4 Å². The largest absolute Gasteiger partial charge is 0.432 e. The van der Waals surface area contributed by atoms with Crippen molar-refractivity contribution in [3.63, 3.8) is 0 Å². The standard InChI is InChI=1S/C14H34OSi4/c1-3-5-6-7-8-9-10-11-13-19(12-4-2)14-15-16-17-18-19/h4H,2-3,5-14,16-18H2,1H3. The quantitative estimate of drug-likeness (QED) is 0.320. The van der Waals surface area contributed by atoms with Crippen LogP contribution in [0, 0.1) is 0 Å². The van der Waals surface area contributed by atoms with Gasteiger partial charge in [-0.2, -0.15) is 0 Å². The van der Waals surface area contributed by atoms with Gasteiger partial charge in [-0.1, -0.05) is 70.4 Å². The third-order valence-electron chi connectivity index (χ3n) is 4.54. The molecule has 1 aliphatic rings. The lowest BCUT2D eigenvalue weighted by molar-refractivity contribution is 0.411. The van der Waals surface area contributed by atoms with Crippen LogP contribution < -0.4 is 0 Å². The Hall–Kier alpha value is 0.568. The Balaban J connectivity index is 2.06. The van der Waals surface area contributed by atoms with Gasteiger partial charge in [-0.15, -0.1) is 6.58 Å². The lowest BCUT2D eigenvalue weighted by Gasteiger charge is -2.34. The molecule has 1 rings (SSSR count). The number of unbranched alkanes of at least 4 members (excludes halogenated alkanes) is 7. The van der Waals surface area contributed by atoms with Gasteiger partial charge in [0.15, 0.2) is 0 Å². The summed E-state index contributed by atoms with van der Waals surface area (Å²) in [5, 5.41) is 0. The van der Waals surface area contributed by atoms with E-state index in [1.807, 2.05) is 0 Å². The molecule has 0 aromatic carbocycles. The number of allylic oxidation sites excluding steroid dienone is 1. The molecule has 1 heterocycles. The molecule has 112 valence electrons. The number of hydrogen-bond acceptors (Lipinski definition) is 1. The Morgan fingerprint density at radius 2 is 1.79 bits per heavy atom. The van der Waals surface area contributed by atoms with Gasteiger partial charge in [0.2, 0.25) is 0 Å². The van der Waals surface area contributed by atoms with Gasteiger partial charge in [0.1, 0.15) is 9.28 Å². The second-order valence-corrected chi connectivity index (χ2v) is 32.8. The van der Waals surface area contributed by atoms with E-state index in [9.17, 15) is 0 Å². The van der Waals surface area contributed by atoms with Crippen LogP contribution >= 0.6 is 0 Å². The van der Waals surface area contributed by atoms with Crippen LogP contribution in [0.2, 0.25) is 12.1 Å². The van der Waals surface area contributed by atoms with Crippen LogP contribution in [0.1, 0.15) is 58.3 Å². The van der Waals surface area contributed by atoms with E-state index in [2.05, 4.69) is 19.6 Å². The topological polar surface area (TPSA) is 9.23 Å². The van der Waals surface area contributed by atoms with E-state index >= 15 is 0 Å². The highest BCUT2D eigenvalue weighted by Crippen LogP contribution is 2.21. The van der Waals surface area contributed by atoms with Crippen molar-refractivity contribution in [1.29, 1.82) is 0 Å². The molecule has 5 heteroatoms. The van der Waals surface area contributed by atoms with Gasteiger partial charge in [0, 0.05) is 23.3 Å². The average molecular weight is 331 g/mol. The normalized spacial score (nSPS) is 27.2. The Morgan fingerprint density at radius 1 is 1.11 bits per heavy atom. The summed E-state index contributed by atoms with van der Waals surface area (Å²) in [7, 11) is 0.00708. The zero-order valence-electron chi connectivity index (χ0n) is 13.1. The first-order valence-electron chi connectivity index (χ1n) is 8.52. The maximum atomic E-state index is 6.01. The van der Waals surface area contributed by atoms with Gasteiger partial charge in [-0.3, -0.25) is 0 Å².